The Labute approximate surface area is 183 Å². The number of aromatic nitrogens is 2. The van der Waals surface area contributed by atoms with E-state index in [2.05, 4.69) is 4.98 Å². The summed E-state index contributed by atoms with van der Waals surface area (Å²) in [6, 6.07) is 11.3. The van der Waals surface area contributed by atoms with Crippen LogP contribution in [0.15, 0.2) is 53.6 Å². The molecule has 4 rings (SSSR count). The molecule has 0 spiro atoms. The number of ether oxygens (including phenoxy) is 2. The molecule has 1 aliphatic rings. The van der Waals surface area contributed by atoms with Crippen molar-refractivity contribution < 1.29 is 18.3 Å². The normalized spacial score (nSPS) is 12.9. The van der Waals surface area contributed by atoms with Gasteiger partial charge in [-0.15, -0.1) is 0 Å². The van der Waals surface area contributed by atoms with Crippen LogP contribution in [-0.4, -0.2) is 23.1 Å². The Hall–Kier alpha value is -3.93. The fraction of sp³-hybridized carbons (Fsp3) is 0.261. The first kappa shape index (κ1) is 21.3. The van der Waals surface area contributed by atoms with Gasteiger partial charge in [0.1, 0.15) is 35.7 Å². The molecule has 0 amide bonds. The third-order valence-electron chi connectivity index (χ3n) is 5.15. The summed E-state index contributed by atoms with van der Waals surface area (Å²) in [7, 11) is 1.91. The Morgan fingerprint density at radius 2 is 1.97 bits per heavy atom. The molecule has 9 heteroatoms. The molecule has 1 aromatic carbocycles. The van der Waals surface area contributed by atoms with Crippen LogP contribution in [0, 0.1) is 11.3 Å². The minimum atomic E-state index is -3.06. The molecule has 0 fully saturated rings. The third kappa shape index (κ3) is 4.39. The summed E-state index contributed by atoms with van der Waals surface area (Å²) in [5.41, 5.74) is 0.495. The molecule has 0 saturated carbocycles. The summed E-state index contributed by atoms with van der Waals surface area (Å²) < 4.78 is 40.1. The van der Waals surface area contributed by atoms with E-state index >= 15 is 0 Å². The summed E-state index contributed by atoms with van der Waals surface area (Å²) in [4.78, 5) is 18.0. The molecule has 0 radical (unpaired) electrons. The van der Waals surface area contributed by atoms with Gasteiger partial charge in [-0.25, -0.2) is 8.78 Å². The van der Waals surface area contributed by atoms with Crippen LogP contribution in [0.3, 0.4) is 0 Å². The highest BCUT2D eigenvalue weighted by molar-refractivity contribution is 5.48. The van der Waals surface area contributed by atoms with Crippen molar-refractivity contribution in [3.8, 4) is 23.3 Å². The zero-order valence-corrected chi connectivity index (χ0v) is 17.5. The highest BCUT2D eigenvalue weighted by Gasteiger charge is 2.25. The Morgan fingerprint density at radius 3 is 2.72 bits per heavy atom. The van der Waals surface area contributed by atoms with E-state index in [1.807, 2.05) is 18.0 Å². The van der Waals surface area contributed by atoms with Gasteiger partial charge in [-0.05, 0) is 23.8 Å². The van der Waals surface area contributed by atoms with E-state index in [1.54, 1.807) is 28.8 Å². The highest BCUT2D eigenvalue weighted by Crippen LogP contribution is 2.31. The van der Waals surface area contributed by atoms with Gasteiger partial charge in [0.25, 0.3) is 11.5 Å². The molecule has 3 aromatic rings. The van der Waals surface area contributed by atoms with Gasteiger partial charge in [0.15, 0.2) is 0 Å². The van der Waals surface area contributed by atoms with Crippen LogP contribution >= 0.6 is 0 Å². The molecule has 0 unspecified atom stereocenters. The molecule has 164 valence electrons. The smallest absolute Gasteiger partial charge is 0.272 e. The number of hydrogen-bond donors (Lipinski definition) is 0. The maximum Gasteiger partial charge on any atom is 0.272 e. The van der Waals surface area contributed by atoms with Crippen molar-refractivity contribution in [2.75, 3.05) is 18.5 Å². The van der Waals surface area contributed by atoms with Gasteiger partial charge < -0.3 is 14.4 Å². The predicted molar refractivity (Wildman–Crippen MR) is 113 cm³/mol. The number of anilines is 1. The van der Waals surface area contributed by atoms with Gasteiger partial charge in [0.2, 0.25) is 0 Å². The first-order valence-electron chi connectivity index (χ1n) is 9.87. The third-order valence-corrected chi connectivity index (χ3v) is 5.15. The molecule has 0 bridgehead atoms. The molecule has 0 N–H and O–H groups in total. The first-order valence-corrected chi connectivity index (χ1v) is 9.87. The summed E-state index contributed by atoms with van der Waals surface area (Å²) >= 11 is 0. The molecule has 32 heavy (non-hydrogen) atoms. The molecule has 0 atom stereocenters. The fourth-order valence-electron chi connectivity index (χ4n) is 3.40. The Kier molecular flexibility index (Phi) is 5.53. The number of pyridine rings is 2. The van der Waals surface area contributed by atoms with Crippen LogP contribution in [0.4, 0.5) is 14.6 Å². The Morgan fingerprint density at radius 1 is 1.16 bits per heavy atom. The summed E-state index contributed by atoms with van der Waals surface area (Å²) in [6.07, 6.45) is 2.37. The molecular formula is C23H20F2N4O3. The molecule has 2 aromatic heterocycles. The Balaban J connectivity index is 1.50. The fourth-order valence-corrected chi connectivity index (χ4v) is 3.40. The number of benzene rings is 1. The lowest BCUT2D eigenvalue weighted by molar-refractivity contribution is 0.0169. The molecule has 1 aliphatic heterocycles. The number of fused-ring (bicyclic) bond motifs is 1. The second kappa shape index (κ2) is 8.30. The van der Waals surface area contributed by atoms with Crippen LogP contribution in [0.25, 0.3) is 0 Å². The zero-order valence-electron chi connectivity index (χ0n) is 17.5. The summed E-state index contributed by atoms with van der Waals surface area (Å²) in [5, 5.41) is 9.51. The van der Waals surface area contributed by atoms with E-state index in [0.717, 1.165) is 25.5 Å². The van der Waals surface area contributed by atoms with E-state index in [9.17, 15) is 18.8 Å². The number of hydrogen-bond acceptors (Lipinski definition) is 6. The number of alkyl halides is 2. The van der Waals surface area contributed by atoms with E-state index in [0.29, 0.717) is 17.9 Å². The maximum atomic E-state index is 13.5. The van der Waals surface area contributed by atoms with Gasteiger partial charge >= 0.3 is 0 Å². The lowest BCUT2D eigenvalue weighted by Crippen LogP contribution is -2.17. The number of halogens is 2. The lowest BCUT2D eigenvalue weighted by Gasteiger charge is -2.14. The van der Waals surface area contributed by atoms with Crippen molar-refractivity contribution in [3.63, 3.8) is 0 Å². The van der Waals surface area contributed by atoms with Crippen molar-refractivity contribution in [2.45, 2.75) is 26.0 Å². The van der Waals surface area contributed by atoms with Crippen molar-refractivity contribution >= 4 is 5.82 Å². The van der Waals surface area contributed by atoms with Gasteiger partial charge in [-0.1, -0.05) is 6.07 Å². The number of likely N-dealkylation sites (N-methyl/N-ethyl adjacent to an activating group) is 1. The van der Waals surface area contributed by atoms with Crippen LogP contribution in [0.2, 0.25) is 0 Å². The molecule has 3 heterocycles. The van der Waals surface area contributed by atoms with Gasteiger partial charge in [-0.2, -0.15) is 5.26 Å². The maximum absolute atomic E-state index is 13.5. The minimum Gasteiger partial charge on any atom is -0.489 e. The standard InChI is InChI=1S/C23H20F2N4O3/c1-23(24,25)17-8-19(13-27-12-17)32-20-4-3-15(7-16(20)11-26)14-31-18-9-21-28(2)5-6-29(21)22(30)10-18/h3-4,7-10,12-13H,5-6,14H2,1-2H3. The largest absolute Gasteiger partial charge is 0.489 e. The van der Waals surface area contributed by atoms with E-state index < -0.39 is 5.92 Å². The van der Waals surface area contributed by atoms with Gasteiger partial charge in [-0.3, -0.25) is 14.3 Å². The predicted octanol–water partition coefficient (Wildman–Crippen LogP) is 4.05. The topological polar surface area (TPSA) is 80.4 Å². The van der Waals surface area contributed by atoms with E-state index in [-0.39, 0.29) is 34.8 Å². The minimum absolute atomic E-state index is 0.104. The second-order valence-electron chi connectivity index (χ2n) is 7.59. The summed E-state index contributed by atoms with van der Waals surface area (Å²) in [6.45, 7) is 2.32. The molecule has 7 nitrogen and oxygen atoms in total. The highest BCUT2D eigenvalue weighted by atomic mass is 19.3. The number of nitriles is 1. The second-order valence-corrected chi connectivity index (χ2v) is 7.59. The first-order chi connectivity index (χ1) is 15.2. The number of rotatable bonds is 6. The van der Waals surface area contributed by atoms with Crippen LogP contribution in [0.5, 0.6) is 17.2 Å². The monoisotopic (exact) mass is 438 g/mol. The van der Waals surface area contributed by atoms with Crippen LogP contribution < -0.4 is 19.9 Å². The van der Waals surface area contributed by atoms with Crippen LogP contribution in [-0.2, 0) is 19.1 Å². The average molecular weight is 438 g/mol. The van der Waals surface area contributed by atoms with Crippen molar-refractivity contribution in [2.24, 2.45) is 0 Å². The quantitative estimate of drug-likeness (QED) is 0.578. The van der Waals surface area contributed by atoms with Crippen molar-refractivity contribution in [3.05, 3.63) is 75.8 Å². The Bertz CT molecular complexity index is 1260. The molecule has 0 saturated heterocycles. The van der Waals surface area contributed by atoms with Crippen molar-refractivity contribution in [1.82, 2.24) is 9.55 Å². The van der Waals surface area contributed by atoms with Gasteiger partial charge in [0, 0.05) is 51.0 Å². The lowest BCUT2D eigenvalue weighted by atomic mass is 10.1. The van der Waals surface area contributed by atoms with Crippen molar-refractivity contribution in [1.29, 1.82) is 5.26 Å². The van der Waals surface area contributed by atoms with Gasteiger partial charge in [0.05, 0.1) is 11.8 Å². The summed E-state index contributed by atoms with van der Waals surface area (Å²) in [5.74, 6) is -1.50. The number of nitrogens with zero attached hydrogens (tertiary/aromatic N) is 4. The zero-order chi connectivity index (χ0) is 22.9. The van der Waals surface area contributed by atoms with Crippen LogP contribution in [0.1, 0.15) is 23.6 Å². The average Bonchev–Trinajstić information content (AvgIpc) is 3.14. The van der Waals surface area contributed by atoms with E-state index in [4.69, 9.17) is 9.47 Å². The molecule has 0 aliphatic carbocycles. The SMILES string of the molecule is CN1CCn2c1cc(OCc1ccc(Oc3cncc(C(C)(F)F)c3)c(C#N)c1)cc2=O. The van der Waals surface area contributed by atoms with E-state index in [1.165, 1.54) is 18.3 Å². The molecular weight excluding hydrogens is 418 g/mol.